The van der Waals surface area contributed by atoms with Crippen molar-refractivity contribution in [2.24, 2.45) is 0 Å². The summed E-state index contributed by atoms with van der Waals surface area (Å²) in [6.07, 6.45) is 3.56. The van der Waals surface area contributed by atoms with E-state index >= 15 is 0 Å². The van der Waals surface area contributed by atoms with Crippen molar-refractivity contribution in [1.82, 2.24) is 10.6 Å². The Labute approximate surface area is 106 Å². The van der Waals surface area contributed by atoms with Crippen molar-refractivity contribution in [2.45, 2.75) is 56.7 Å². The van der Waals surface area contributed by atoms with Crippen LogP contribution >= 0.6 is 0 Å². The minimum atomic E-state index is -1.04. The Morgan fingerprint density at radius 3 is 2.61 bits per heavy atom. The molecule has 1 saturated heterocycles. The number of aliphatic carboxylic acids is 1. The number of rotatable bonds is 3. The van der Waals surface area contributed by atoms with E-state index in [1.807, 2.05) is 6.92 Å². The van der Waals surface area contributed by atoms with Crippen LogP contribution in [0.2, 0.25) is 0 Å². The van der Waals surface area contributed by atoms with Gasteiger partial charge in [0, 0.05) is 12.6 Å². The van der Waals surface area contributed by atoms with E-state index in [0.717, 1.165) is 19.3 Å². The van der Waals surface area contributed by atoms with Crippen molar-refractivity contribution in [3.05, 3.63) is 0 Å². The molecular weight excluding hydrogens is 236 g/mol. The van der Waals surface area contributed by atoms with Gasteiger partial charge in [0.05, 0.1) is 6.10 Å². The Bertz CT molecular complexity index is 341. The highest BCUT2D eigenvalue weighted by atomic mass is 16.5. The third-order valence-corrected chi connectivity index (χ3v) is 3.79. The molecule has 6 heteroatoms. The molecule has 18 heavy (non-hydrogen) atoms. The average Bonchev–Trinajstić information content (AvgIpc) is 2.23. The van der Waals surface area contributed by atoms with Gasteiger partial charge < -0.3 is 20.5 Å². The third-order valence-electron chi connectivity index (χ3n) is 3.79. The molecular formula is C12H20N2O4. The fraction of sp³-hybridized carbons (Fsp3) is 0.833. The first-order valence-corrected chi connectivity index (χ1v) is 6.45. The molecule has 1 aliphatic carbocycles. The quantitative estimate of drug-likeness (QED) is 0.699. The van der Waals surface area contributed by atoms with Gasteiger partial charge in [-0.15, -0.1) is 0 Å². The van der Waals surface area contributed by atoms with Crippen LogP contribution in [0, 0.1) is 0 Å². The summed E-state index contributed by atoms with van der Waals surface area (Å²) in [6.45, 7) is 2.60. The molecule has 2 rings (SSSR count). The molecule has 1 saturated carbocycles. The molecule has 0 bridgehead atoms. The fourth-order valence-corrected chi connectivity index (χ4v) is 2.49. The normalized spacial score (nSPS) is 30.1. The summed E-state index contributed by atoms with van der Waals surface area (Å²) in [5.74, 6) is -0.941. The van der Waals surface area contributed by atoms with Crippen molar-refractivity contribution in [2.75, 3.05) is 6.61 Å². The van der Waals surface area contributed by atoms with Crippen molar-refractivity contribution in [3.63, 3.8) is 0 Å². The van der Waals surface area contributed by atoms with Gasteiger partial charge in [-0.1, -0.05) is 0 Å². The van der Waals surface area contributed by atoms with Crippen LogP contribution in [0.3, 0.4) is 0 Å². The number of urea groups is 1. The summed E-state index contributed by atoms with van der Waals surface area (Å²) < 4.78 is 5.40. The van der Waals surface area contributed by atoms with E-state index in [2.05, 4.69) is 10.6 Å². The highest BCUT2D eigenvalue weighted by molar-refractivity contribution is 5.87. The predicted octanol–water partition coefficient (Wildman–Crippen LogP) is 0.860. The van der Waals surface area contributed by atoms with Crippen molar-refractivity contribution >= 4 is 12.0 Å². The van der Waals surface area contributed by atoms with E-state index in [9.17, 15) is 9.59 Å². The van der Waals surface area contributed by atoms with E-state index in [1.165, 1.54) is 0 Å². The Kier molecular flexibility index (Phi) is 3.75. The lowest BCUT2D eigenvalue weighted by Crippen LogP contribution is -2.62. The van der Waals surface area contributed by atoms with Gasteiger partial charge in [-0.2, -0.15) is 0 Å². The van der Waals surface area contributed by atoms with Crippen LogP contribution in [0.1, 0.15) is 39.0 Å². The van der Waals surface area contributed by atoms with Crippen molar-refractivity contribution < 1.29 is 19.4 Å². The van der Waals surface area contributed by atoms with Crippen molar-refractivity contribution in [1.29, 1.82) is 0 Å². The number of hydrogen-bond acceptors (Lipinski definition) is 3. The lowest BCUT2D eigenvalue weighted by molar-refractivity contribution is -0.148. The topological polar surface area (TPSA) is 87.7 Å². The number of hydrogen-bond donors (Lipinski definition) is 3. The van der Waals surface area contributed by atoms with Crippen LogP contribution in [0.5, 0.6) is 0 Å². The number of carboxylic acid groups (broad SMARTS) is 1. The molecule has 1 heterocycles. The highest BCUT2D eigenvalue weighted by Gasteiger charge is 2.45. The first-order valence-electron chi connectivity index (χ1n) is 6.45. The van der Waals surface area contributed by atoms with E-state index in [1.54, 1.807) is 0 Å². The summed E-state index contributed by atoms with van der Waals surface area (Å²) >= 11 is 0. The van der Waals surface area contributed by atoms with E-state index in [0.29, 0.717) is 19.4 Å². The maximum Gasteiger partial charge on any atom is 0.329 e. The molecule has 102 valence electrons. The smallest absolute Gasteiger partial charge is 0.329 e. The summed E-state index contributed by atoms with van der Waals surface area (Å²) in [6, 6.07) is -0.309. The van der Waals surface area contributed by atoms with Crippen molar-refractivity contribution in [3.8, 4) is 0 Å². The molecule has 0 aromatic rings. The Balaban J connectivity index is 1.83. The molecule has 3 N–H and O–H groups in total. The molecule has 2 fully saturated rings. The molecule has 0 aromatic carbocycles. The van der Waals surface area contributed by atoms with E-state index in [4.69, 9.17) is 9.84 Å². The lowest BCUT2D eigenvalue weighted by Gasteiger charge is -2.39. The fourth-order valence-electron chi connectivity index (χ4n) is 2.49. The molecule has 2 unspecified atom stereocenters. The standard InChI is InChI=1S/C12H20N2O4/c1-8-7-9(3-6-18-8)13-11(17)14-12(10(15)16)4-2-5-12/h8-9H,2-7H2,1H3,(H,15,16)(H2,13,14,17). The molecule has 0 aromatic heterocycles. The number of nitrogens with one attached hydrogen (secondary N) is 2. The molecule has 2 atom stereocenters. The predicted molar refractivity (Wildman–Crippen MR) is 64.3 cm³/mol. The second-order valence-electron chi connectivity index (χ2n) is 5.24. The van der Waals surface area contributed by atoms with Gasteiger partial charge in [0.2, 0.25) is 0 Å². The average molecular weight is 256 g/mol. The number of carbonyl (C=O) groups excluding carboxylic acids is 1. The third kappa shape index (κ3) is 2.75. The van der Waals surface area contributed by atoms with Crippen LogP contribution in [-0.4, -0.2) is 41.4 Å². The zero-order valence-electron chi connectivity index (χ0n) is 10.6. The minimum Gasteiger partial charge on any atom is -0.480 e. The van der Waals surface area contributed by atoms with Gasteiger partial charge >= 0.3 is 12.0 Å². The van der Waals surface area contributed by atoms with Gasteiger partial charge in [0.25, 0.3) is 0 Å². The molecule has 2 aliphatic rings. The molecule has 1 aliphatic heterocycles. The minimum absolute atomic E-state index is 0.0691. The molecule has 2 amide bonds. The highest BCUT2D eigenvalue weighted by Crippen LogP contribution is 2.31. The SMILES string of the molecule is CC1CC(NC(=O)NC2(C(=O)O)CCC2)CCO1. The van der Waals surface area contributed by atoms with Gasteiger partial charge in [-0.25, -0.2) is 9.59 Å². The maximum atomic E-state index is 11.8. The van der Waals surface area contributed by atoms with E-state index < -0.39 is 11.5 Å². The Hall–Kier alpha value is -1.30. The number of ether oxygens (including phenoxy) is 1. The van der Waals surface area contributed by atoms with Gasteiger partial charge in [0.15, 0.2) is 0 Å². The Morgan fingerprint density at radius 1 is 1.39 bits per heavy atom. The number of carbonyl (C=O) groups is 2. The molecule has 0 radical (unpaired) electrons. The lowest BCUT2D eigenvalue weighted by atomic mass is 9.77. The van der Waals surface area contributed by atoms with Crippen LogP contribution in [0.25, 0.3) is 0 Å². The van der Waals surface area contributed by atoms with Crippen LogP contribution in [0.4, 0.5) is 4.79 Å². The zero-order chi connectivity index (χ0) is 13.2. The van der Waals surface area contributed by atoms with Crippen LogP contribution in [-0.2, 0) is 9.53 Å². The zero-order valence-corrected chi connectivity index (χ0v) is 10.6. The molecule has 6 nitrogen and oxygen atoms in total. The maximum absolute atomic E-state index is 11.8. The van der Waals surface area contributed by atoms with Gasteiger partial charge in [0.1, 0.15) is 5.54 Å². The first-order chi connectivity index (χ1) is 8.52. The number of carboxylic acids is 1. The van der Waals surface area contributed by atoms with E-state index in [-0.39, 0.29) is 18.2 Å². The summed E-state index contributed by atoms with van der Waals surface area (Å²) in [5.41, 5.74) is -1.04. The van der Waals surface area contributed by atoms with Crippen LogP contribution in [0.15, 0.2) is 0 Å². The van der Waals surface area contributed by atoms with Crippen LogP contribution < -0.4 is 10.6 Å². The summed E-state index contributed by atoms with van der Waals surface area (Å²) in [4.78, 5) is 22.9. The summed E-state index contributed by atoms with van der Waals surface area (Å²) in [5, 5.41) is 14.6. The second kappa shape index (κ2) is 5.14. The van der Waals surface area contributed by atoms with Gasteiger partial charge in [-0.05, 0) is 39.0 Å². The summed E-state index contributed by atoms with van der Waals surface area (Å²) in [7, 11) is 0. The largest absolute Gasteiger partial charge is 0.480 e. The molecule has 0 spiro atoms. The Morgan fingerprint density at radius 2 is 2.11 bits per heavy atom. The monoisotopic (exact) mass is 256 g/mol. The van der Waals surface area contributed by atoms with Gasteiger partial charge in [-0.3, -0.25) is 0 Å². The second-order valence-corrected chi connectivity index (χ2v) is 5.24. The number of amides is 2. The first kappa shape index (κ1) is 13.1.